The first-order valence-corrected chi connectivity index (χ1v) is 10.7. The minimum absolute atomic E-state index is 0.00574. The molecule has 0 aliphatic carbocycles. The second-order valence-electron chi connectivity index (χ2n) is 7.79. The normalized spacial score (nSPS) is 17.0. The lowest BCUT2D eigenvalue weighted by atomic mass is 10.1. The number of carbonyl (C=O) groups is 1. The first-order valence-electron chi connectivity index (χ1n) is 10.7. The Morgan fingerprint density at radius 3 is 2.42 bits per heavy atom. The van der Waals surface area contributed by atoms with Crippen LogP contribution in [0.4, 0.5) is 17.3 Å². The molecule has 3 heterocycles. The van der Waals surface area contributed by atoms with Crippen LogP contribution in [0.1, 0.15) is 23.2 Å². The average Bonchev–Trinajstić information content (AvgIpc) is 3.34. The highest BCUT2D eigenvalue weighted by Gasteiger charge is 2.24. The van der Waals surface area contributed by atoms with Crippen molar-refractivity contribution in [1.82, 2.24) is 20.2 Å². The maximum atomic E-state index is 12.5. The van der Waals surface area contributed by atoms with Crippen LogP contribution in [0, 0.1) is 10.1 Å². The number of aromatic nitrogens is 2. The Morgan fingerprint density at radius 1 is 1.03 bits per heavy atom. The molecule has 2 saturated heterocycles. The van der Waals surface area contributed by atoms with E-state index in [2.05, 4.69) is 25.1 Å². The number of amides is 1. The Morgan fingerprint density at radius 2 is 1.74 bits per heavy atom. The molecule has 0 atom stereocenters. The third-order valence-corrected chi connectivity index (χ3v) is 5.80. The predicted molar refractivity (Wildman–Crippen MR) is 118 cm³/mol. The number of rotatable bonds is 7. The van der Waals surface area contributed by atoms with Crippen LogP contribution in [-0.2, 0) is 0 Å². The Bertz CT molecular complexity index is 910. The molecule has 4 rings (SSSR count). The third kappa shape index (κ3) is 5.08. The Balaban J connectivity index is 1.27. The molecule has 10 nitrogen and oxygen atoms in total. The van der Waals surface area contributed by atoms with E-state index in [1.807, 2.05) is 4.90 Å². The molecule has 1 aromatic carbocycles. The fourth-order valence-electron chi connectivity index (χ4n) is 4.09. The molecule has 0 spiro atoms. The van der Waals surface area contributed by atoms with Gasteiger partial charge in [0.25, 0.3) is 11.6 Å². The summed E-state index contributed by atoms with van der Waals surface area (Å²) < 4.78 is 0. The van der Waals surface area contributed by atoms with Crippen molar-refractivity contribution in [3.8, 4) is 0 Å². The van der Waals surface area contributed by atoms with E-state index in [9.17, 15) is 14.9 Å². The van der Waals surface area contributed by atoms with Gasteiger partial charge in [0.1, 0.15) is 5.69 Å². The molecular weight excluding hydrogens is 398 g/mol. The second-order valence-corrected chi connectivity index (χ2v) is 7.79. The quantitative estimate of drug-likeness (QED) is 0.526. The highest BCUT2D eigenvalue weighted by atomic mass is 16.6. The summed E-state index contributed by atoms with van der Waals surface area (Å²) in [6, 6.07) is 6.57. The first-order chi connectivity index (χ1) is 15.1. The molecule has 0 unspecified atom stereocenters. The van der Waals surface area contributed by atoms with Crippen LogP contribution >= 0.6 is 0 Å². The molecule has 2 aliphatic rings. The molecule has 10 heteroatoms. The van der Waals surface area contributed by atoms with E-state index >= 15 is 0 Å². The van der Waals surface area contributed by atoms with Crippen LogP contribution in [0.5, 0.6) is 0 Å². The van der Waals surface area contributed by atoms with E-state index in [0.29, 0.717) is 17.8 Å². The molecule has 0 radical (unpaired) electrons. The van der Waals surface area contributed by atoms with Crippen LogP contribution in [0.15, 0.2) is 36.7 Å². The SMILES string of the molecule is O=C(NCCN1CCN(c2ncccn2)CC1)c1ccc(N2CCCC2)c([N+](=O)[O-])c1. The number of hydrogen-bond acceptors (Lipinski definition) is 8. The van der Waals surface area contributed by atoms with Crippen LogP contribution in [0.25, 0.3) is 0 Å². The maximum absolute atomic E-state index is 12.5. The first kappa shape index (κ1) is 21.0. The summed E-state index contributed by atoms with van der Waals surface area (Å²) >= 11 is 0. The molecule has 0 bridgehead atoms. The van der Waals surface area contributed by atoms with E-state index < -0.39 is 4.92 Å². The van der Waals surface area contributed by atoms with Crippen LogP contribution in [-0.4, -0.2) is 78.1 Å². The molecule has 1 amide bonds. The van der Waals surface area contributed by atoms with Crippen molar-refractivity contribution in [3.05, 3.63) is 52.3 Å². The van der Waals surface area contributed by atoms with Crippen molar-refractivity contribution < 1.29 is 9.72 Å². The van der Waals surface area contributed by atoms with E-state index in [-0.39, 0.29) is 11.6 Å². The number of anilines is 2. The summed E-state index contributed by atoms with van der Waals surface area (Å²) in [6.45, 7) is 6.25. The molecule has 1 aromatic heterocycles. The number of piperazine rings is 1. The van der Waals surface area contributed by atoms with Gasteiger partial charge in [0.15, 0.2) is 0 Å². The zero-order chi connectivity index (χ0) is 21.6. The molecular formula is C21H27N7O3. The summed E-state index contributed by atoms with van der Waals surface area (Å²) in [7, 11) is 0. The summed E-state index contributed by atoms with van der Waals surface area (Å²) in [4.78, 5) is 38.7. The minimum Gasteiger partial charge on any atom is -0.366 e. The van der Waals surface area contributed by atoms with E-state index in [0.717, 1.165) is 64.6 Å². The fraction of sp³-hybridized carbons (Fsp3) is 0.476. The number of carbonyl (C=O) groups excluding carboxylic acids is 1. The van der Waals surface area contributed by atoms with E-state index in [1.165, 1.54) is 6.07 Å². The summed E-state index contributed by atoms with van der Waals surface area (Å²) in [5.41, 5.74) is 0.911. The zero-order valence-electron chi connectivity index (χ0n) is 17.4. The molecule has 1 N–H and O–H groups in total. The Kier molecular flexibility index (Phi) is 6.56. The fourth-order valence-corrected chi connectivity index (χ4v) is 4.09. The number of hydrogen-bond donors (Lipinski definition) is 1. The van der Waals surface area contributed by atoms with Gasteiger partial charge in [-0.25, -0.2) is 9.97 Å². The van der Waals surface area contributed by atoms with Gasteiger partial charge in [-0.3, -0.25) is 19.8 Å². The highest BCUT2D eigenvalue weighted by molar-refractivity contribution is 5.95. The minimum atomic E-state index is -0.402. The van der Waals surface area contributed by atoms with Gasteiger partial charge in [-0.15, -0.1) is 0 Å². The van der Waals surface area contributed by atoms with Crippen molar-refractivity contribution in [2.24, 2.45) is 0 Å². The number of nitrogens with one attached hydrogen (secondary N) is 1. The second kappa shape index (κ2) is 9.69. The smallest absolute Gasteiger partial charge is 0.293 e. The van der Waals surface area contributed by atoms with Crippen LogP contribution in [0.2, 0.25) is 0 Å². The molecule has 0 saturated carbocycles. The number of nitrogens with zero attached hydrogens (tertiary/aromatic N) is 6. The van der Waals surface area contributed by atoms with Crippen molar-refractivity contribution in [1.29, 1.82) is 0 Å². The Labute approximate surface area is 181 Å². The molecule has 164 valence electrons. The van der Waals surface area contributed by atoms with Crippen LogP contribution in [0.3, 0.4) is 0 Å². The topological polar surface area (TPSA) is 108 Å². The van der Waals surface area contributed by atoms with Crippen molar-refractivity contribution in [2.75, 3.05) is 62.2 Å². The van der Waals surface area contributed by atoms with E-state index in [4.69, 9.17) is 0 Å². The standard InChI is InChI=1S/C21H27N7O3/c29-20(17-4-5-18(19(16-17)28(30)31)26-9-1-2-10-26)22-8-11-25-12-14-27(15-13-25)21-23-6-3-7-24-21/h3-7,16H,1-2,8-15H2,(H,22,29). The van der Waals surface area contributed by atoms with Gasteiger partial charge in [0.2, 0.25) is 5.95 Å². The molecule has 2 fully saturated rings. The summed E-state index contributed by atoms with van der Waals surface area (Å²) in [5.74, 6) is 0.460. The zero-order valence-corrected chi connectivity index (χ0v) is 17.4. The number of benzene rings is 1. The highest BCUT2D eigenvalue weighted by Crippen LogP contribution is 2.31. The molecule has 2 aromatic rings. The predicted octanol–water partition coefficient (Wildman–Crippen LogP) is 1.54. The van der Waals surface area contributed by atoms with Crippen molar-refractivity contribution in [2.45, 2.75) is 12.8 Å². The summed E-state index contributed by atoms with van der Waals surface area (Å²) in [5, 5.41) is 14.4. The molecule has 31 heavy (non-hydrogen) atoms. The van der Waals surface area contributed by atoms with Gasteiger partial charge < -0.3 is 15.1 Å². The van der Waals surface area contributed by atoms with Crippen LogP contribution < -0.4 is 15.1 Å². The van der Waals surface area contributed by atoms with Gasteiger partial charge in [-0.05, 0) is 31.0 Å². The maximum Gasteiger partial charge on any atom is 0.293 e. The Hall–Kier alpha value is -3.27. The molecule has 2 aliphatic heterocycles. The largest absolute Gasteiger partial charge is 0.366 e. The lowest BCUT2D eigenvalue weighted by Crippen LogP contribution is -2.49. The van der Waals surface area contributed by atoms with E-state index in [1.54, 1.807) is 30.6 Å². The lowest BCUT2D eigenvalue weighted by molar-refractivity contribution is -0.384. The average molecular weight is 425 g/mol. The van der Waals surface area contributed by atoms with Crippen molar-refractivity contribution in [3.63, 3.8) is 0 Å². The van der Waals surface area contributed by atoms with Gasteiger partial charge in [0, 0.05) is 76.4 Å². The summed E-state index contributed by atoms with van der Waals surface area (Å²) in [6.07, 6.45) is 5.55. The third-order valence-electron chi connectivity index (χ3n) is 5.80. The number of nitro groups is 1. The monoisotopic (exact) mass is 425 g/mol. The number of nitro benzene ring substituents is 1. The van der Waals surface area contributed by atoms with Crippen molar-refractivity contribution >= 4 is 23.2 Å². The lowest BCUT2D eigenvalue weighted by Gasteiger charge is -2.34. The van der Waals surface area contributed by atoms with Gasteiger partial charge in [-0.1, -0.05) is 0 Å². The van der Waals surface area contributed by atoms with Gasteiger partial charge in [0.05, 0.1) is 4.92 Å². The van der Waals surface area contributed by atoms with Gasteiger partial charge in [-0.2, -0.15) is 0 Å². The van der Waals surface area contributed by atoms with Gasteiger partial charge >= 0.3 is 0 Å².